The van der Waals surface area contributed by atoms with Crippen molar-refractivity contribution < 1.29 is 8.60 Å². The van der Waals surface area contributed by atoms with Crippen LogP contribution in [0.2, 0.25) is 0 Å². The maximum atomic E-state index is 13.5. The highest BCUT2D eigenvalue weighted by atomic mass is 32.2. The Balaban J connectivity index is 1.56. The molecule has 0 bridgehead atoms. The second kappa shape index (κ2) is 9.13. The molecule has 4 nitrogen and oxygen atoms in total. The summed E-state index contributed by atoms with van der Waals surface area (Å²) in [6.07, 6.45) is 2.05. The minimum absolute atomic E-state index is 0.0443. The molecular formula is C21H26FN3OS. The summed E-state index contributed by atoms with van der Waals surface area (Å²) in [6.45, 7) is 3.95. The lowest BCUT2D eigenvalue weighted by atomic mass is 9.96. The van der Waals surface area contributed by atoms with Gasteiger partial charge in [0.25, 0.3) is 0 Å². The lowest BCUT2D eigenvalue weighted by Gasteiger charge is -2.16. The highest BCUT2D eigenvalue weighted by Gasteiger charge is 2.44. The summed E-state index contributed by atoms with van der Waals surface area (Å²) in [5, 5.41) is 6.48. The molecule has 6 heteroatoms. The first-order valence-corrected chi connectivity index (χ1v) is 10.7. The molecule has 0 spiro atoms. The van der Waals surface area contributed by atoms with Gasteiger partial charge in [-0.15, -0.1) is 0 Å². The predicted octanol–water partition coefficient (Wildman–Crippen LogP) is 3.22. The van der Waals surface area contributed by atoms with Gasteiger partial charge in [-0.3, -0.25) is 9.20 Å². The average Bonchev–Trinajstić information content (AvgIpc) is 3.48. The third-order valence-corrected chi connectivity index (χ3v) is 6.13. The summed E-state index contributed by atoms with van der Waals surface area (Å²) in [5.41, 5.74) is 0.976. The highest BCUT2D eigenvalue weighted by molar-refractivity contribution is 7.85. The number of nitrogens with one attached hydrogen (secondary N) is 2. The van der Waals surface area contributed by atoms with Crippen LogP contribution in [0.1, 0.15) is 25.3 Å². The Morgan fingerprint density at radius 1 is 1.15 bits per heavy atom. The zero-order valence-corrected chi connectivity index (χ0v) is 16.4. The molecule has 0 radical (unpaired) electrons. The second-order valence-electron chi connectivity index (χ2n) is 6.78. The molecule has 1 aliphatic carbocycles. The van der Waals surface area contributed by atoms with Gasteiger partial charge < -0.3 is 10.6 Å². The molecule has 0 aromatic heterocycles. The molecule has 2 N–H and O–H groups in total. The SMILES string of the molecule is CCNC(=NCC1(c2cccc(F)c2)CC1)NCCS(=O)c1ccccc1. The Hall–Kier alpha value is -2.21. The zero-order valence-electron chi connectivity index (χ0n) is 15.6. The molecule has 144 valence electrons. The molecule has 0 saturated heterocycles. The van der Waals surface area contributed by atoms with Crippen molar-refractivity contribution >= 4 is 16.8 Å². The molecule has 2 aromatic carbocycles. The Morgan fingerprint density at radius 3 is 2.59 bits per heavy atom. The Morgan fingerprint density at radius 2 is 1.93 bits per heavy atom. The van der Waals surface area contributed by atoms with Crippen LogP contribution in [0.5, 0.6) is 0 Å². The van der Waals surface area contributed by atoms with E-state index in [9.17, 15) is 8.60 Å². The van der Waals surface area contributed by atoms with Crippen LogP contribution in [-0.4, -0.2) is 35.6 Å². The standard InChI is InChI=1S/C21H26FN3OS/c1-2-23-20(24-13-14-27(26)19-9-4-3-5-10-19)25-16-21(11-12-21)17-7-6-8-18(22)15-17/h3-10,15H,2,11-14,16H2,1H3,(H2,23,24,25). The quantitative estimate of drug-likeness (QED) is 0.540. The van der Waals surface area contributed by atoms with Crippen molar-refractivity contribution in [2.75, 3.05) is 25.4 Å². The van der Waals surface area contributed by atoms with Crippen LogP contribution in [0, 0.1) is 5.82 Å². The summed E-state index contributed by atoms with van der Waals surface area (Å²) in [6, 6.07) is 16.3. The van der Waals surface area contributed by atoms with Gasteiger partial charge in [0.2, 0.25) is 0 Å². The highest BCUT2D eigenvalue weighted by Crippen LogP contribution is 2.48. The fraction of sp³-hybridized carbons (Fsp3) is 0.381. The summed E-state index contributed by atoms with van der Waals surface area (Å²) >= 11 is 0. The predicted molar refractivity (Wildman–Crippen MR) is 109 cm³/mol. The average molecular weight is 388 g/mol. The van der Waals surface area contributed by atoms with Crippen molar-refractivity contribution in [2.24, 2.45) is 4.99 Å². The molecule has 1 saturated carbocycles. The van der Waals surface area contributed by atoms with E-state index in [1.807, 2.05) is 43.3 Å². The fourth-order valence-electron chi connectivity index (χ4n) is 3.03. The van der Waals surface area contributed by atoms with Gasteiger partial charge in [0.1, 0.15) is 5.82 Å². The number of hydrogen-bond donors (Lipinski definition) is 2. The summed E-state index contributed by atoms with van der Waals surface area (Å²) in [4.78, 5) is 5.53. The molecule has 2 aromatic rings. The molecule has 0 heterocycles. The first-order valence-electron chi connectivity index (χ1n) is 9.35. The molecule has 0 amide bonds. The number of benzene rings is 2. The molecule has 1 unspecified atom stereocenters. The minimum atomic E-state index is -1.03. The molecule has 1 atom stereocenters. The number of hydrogen-bond acceptors (Lipinski definition) is 2. The van der Waals surface area contributed by atoms with Gasteiger partial charge in [-0.25, -0.2) is 4.39 Å². The van der Waals surface area contributed by atoms with Crippen LogP contribution in [0.3, 0.4) is 0 Å². The molecule has 0 aliphatic heterocycles. The van der Waals surface area contributed by atoms with E-state index in [-0.39, 0.29) is 11.2 Å². The van der Waals surface area contributed by atoms with E-state index in [2.05, 4.69) is 10.6 Å². The smallest absolute Gasteiger partial charge is 0.191 e. The van der Waals surface area contributed by atoms with Crippen LogP contribution in [0.25, 0.3) is 0 Å². The van der Waals surface area contributed by atoms with E-state index < -0.39 is 10.8 Å². The zero-order chi connectivity index (χ0) is 19.1. The van der Waals surface area contributed by atoms with E-state index in [0.717, 1.165) is 29.8 Å². The Labute approximate surface area is 162 Å². The number of halogens is 1. The topological polar surface area (TPSA) is 53.5 Å². The van der Waals surface area contributed by atoms with Gasteiger partial charge in [-0.2, -0.15) is 0 Å². The third kappa shape index (κ3) is 5.39. The van der Waals surface area contributed by atoms with Crippen LogP contribution in [-0.2, 0) is 16.2 Å². The van der Waals surface area contributed by atoms with Gasteiger partial charge >= 0.3 is 0 Å². The fourth-order valence-corrected chi connectivity index (χ4v) is 4.02. The van der Waals surface area contributed by atoms with Crippen LogP contribution in [0.15, 0.2) is 64.5 Å². The van der Waals surface area contributed by atoms with Crippen molar-refractivity contribution in [1.82, 2.24) is 10.6 Å². The number of rotatable bonds is 8. The maximum absolute atomic E-state index is 13.5. The second-order valence-corrected chi connectivity index (χ2v) is 8.35. The minimum Gasteiger partial charge on any atom is -0.357 e. The molecule has 1 fully saturated rings. The van der Waals surface area contributed by atoms with Gasteiger partial charge in [-0.05, 0) is 49.6 Å². The van der Waals surface area contributed by atoms with Gasteiger partial charge in [-0.1, -0.05) is 30.3 Å². The van der Waals surface area contributed by atoms with Crippen molar-refractivity contribution in [3.63, 3.8) is 0 Å². The van der Waals surface area contributed by atoms with E-state index in [1.165, 1.54) is 6.07 Å². The van der Waals surface area contributed by atoms with Gasteiger partial charge in [0.15, 0.2) is 5.96 Å². The van der Waals surface area contributed by atoms with Crippen molar-refractivity contribution in [3.8, 4) is 0 Å². The van der Waals surface area contributed by atoms with Gasteiger partial charge in [0.05, 0.1) is 17.3 Å². The Kier molecular flexibility index (Phi) is 6.61. The third-order valence-electron chi connectivity index (χ3n) is 4.76. The first-order chi connectivity index (χ1) is 13.1. The lowest BCUT2D eigenvalue weighted by Crippen LogP contribution is -2.39. The molecular weight excluding hydrogens is 361 g/mol. The maximum Gasteiger partial charge on any atom is 0.191 e. The van der Waals surface area contributed by atoms with E-state index in [1.54, 1.807) is 12.1 Å². The normalized spacial score (nSPS) is 16.6. The monoisotopic (exact) mass is 387 g/mol. The van der Waals surface area contributed by atoms with Crippen molar-refractivity contribution in [1.29, 1.82) is 0 Å². The number of nitrogens with zero attached hydrogens (tertiary/aromatic N) is 1. The number of aliphatic imine (C=N–C) groups is 1. The van der Waals surface area contributed by atoms with Crippen LogP contribution in [0.4, 0.5) is 4.39 Å². The van der Waals surface area contributed by atoms with E-state index in [0.29, 0.717) is 24.8 Å². The van der Waals surface area contributed by atoms with Crippen molar-refractivity contribution in [3.05, 3.63) is 66.0 Å². The molecule has 1 aliphatic rings. The summed E-state index contributed by atoms with van der Waals surface area (Å²) < 4.78 is 25.8. The molecule has 27 heavy (non-hydrogen) atoms. The van der Waals surface area contributed by atoms with E-state index in [4.69, 9.17) is 4.99 Å². The largest absolute Gasteiger partial charge is 0.357 e. The van der Waals surface area contributed by atoms with E-state index >= 15 is 0 Å². The lowest BCUT2D eigenvalue weighted by molar-refractivity contribution is 0.616. The van der Waals surface area contributed by atoms with Gasteiger partial charge in [0, 0.05) is 29.2 Å². The van der Waals surface area contributed by atoms with Crippen LogP contribution >= 0.6 is 0 Å². The molecule has 3 rings (SSSR count). The number of guanidine groups is 1. The summed E-state index contributed by atoms with van der Waals surface area (Å²) in [5.74, 6) is 1.03. The first kappa shape index (κ1) is 19.5. The summed E-state index contributed by atoms with van der Waals surface area (Å²) in [7, 11) is -1.03. The Bertz CT molecular complexity index is 806. The van der Waals surface area contributed by atoms with Crippen LogP contribution < -0.4 is 10.6 Å². The van der Waals surface area contributed by atoms with Crippen molar-refractivity contribution in [2.45, 2.75) is 30.1 Å².